The molecule has 0 aliphatic heterocycles. The first-order chi connectivity index (χ1) is 7.25. The predicted octanol–water partition coefficient (Wildman–Crippen LogP) is 1.79. The Labute approximate surface area is 89.5 Å². The Hall–Kier alpha value is -1.77. The second-order valence-corrected chi connectivity index (χ2v) is 3.67. The molecule has 0 fully saturated rings. The van der Waals surface area contributed by atoms with Crippen molar-refractivity contribution in [2.75, 3.05) is 5.73 Å². The lowest BCUT2D eigenvalue weighted by atomic mass is 10.1. The van der Waals surface area contributed by atoms with Crippen molar-refractivity contribution in [1.29, 1.82) is 0 Å². The third kappa shape index (κ3) is 2.37. The third-order valence-electron chi connectivity index (χ3n) is 2.48. The van der Waals surface area contributed by atoms with Crippen molar-refractivity contribution in [3.05, 3.63) is 47.7 Å². The largest absolute Gasteiger partial charge is 0.384 e. The van der Waals surface area contributed by atoms with Gasteiger partial charge in [-0.1, -0.05) is 30.3 Å². The van der Waals surface area contributed by atoms with Gasteiger partial charge >= 0.3 is 0 Å². The first-order valence-electron chi connectivity index (χ1n) is 5.08. The standard InChI is InChI=1S/C12H15N3/c1-15-12(13)9-11(14-15)8-7-10-5-3-2-4-6-10/h2-6,9H,7-8,13H2,1H3. The van der Waals surface area contributed by atoms with Gasteiger partial charge in [0.05, 0.1) is 5.69 Å². The van der Waals surface area contributed by atoms with Gasteiger partial charge < -0.3 is 5.73 Å². The summed E-state index contributed by atoms with van der Waals surface area (Å²) < 4.78 is 1.71. The molecule has 1 aromatic carbocycles. The SMILES string of the molecule is Cn1nc(CCc2ccccc2)cc1N. The maximum Gasteiger partial charge on any atom is 0.121 e. The molecule has 0 amide bonds. The van der Waals surface area contributed by atoms with Crippen LogP contribution < -0.4 is 5.73 Å². The highest BCUT2D eigenvalue weighted by atomic mass is 15.3. The van der Waals surface area contributed by atoms with Gasteiger partial charge in [-0.3, -0.25) is 4.68 Å². The van der Waals surface area contributed by atoms with Crippen molar-refractivity contribution in [2.45, 2.75) is 12.8 Å². The highest BCUT2D eigenvalue weighted by Crippen LogP contribution is 2.08. The molecule has 3 nitrogen and oxygen atoms in total. The van der Waals surface area contributed by atoms with Crippen LogP contribution >= 0.6 is 0 Å². The Kier molecular flexibility index (Phi) is 2.72. The summed E-state index contributed by atoms with van der Waals surface area (Å²) in [4.78, 5) is 0. The van der Waals surface area contributed by atoms with Gasteiger partial charge in [0, 0.05) is 13.1 Å². The van der Waals surface area contributed by atoms with Crippen LogP contribution in [0.5, 0.6) is 0 Å². The highest BCUT2D eigenvalue weighted by Gasteiger charge is 2.01. The lowest BCUT2D eigenvalue weighted by Crippen LogP contribution is -1.97. The molecule has 0 spiro atoms. The van der Waals surface area contributed by atoms with Crippen LogP contribution in [0.4, 0.5) is 5.82 Å². The molecule has 0 aliphatic rings. The van der Waals surface area contributed by atoms with E-state index in [-0.39, 0.29) is 0 Å². The van der Waals surface area contributed by atoms with E-state index in [1.165, 1.54) is 5.56 Å². The molecule has 2 aromatic rings. The van der Waals surface area contributed by atoms with Crippen LogP contribution in [0.15, 0.2) is 36.4 Å². The Morgan fingerprint density at radius 3 is 2.53 bits per heavy atom. The fourth-order valence-corrected chi connectivity index (χ4v) is 1.58. The van der Waals surface area contributed by atoms with Crippen molar-refractivity contribution >= 4 is 5.82 Å². The van der Waals surface area contributed by atoms with Crippen LogP contribution in [-0.4, -0.2) is 9.78 Å². The number of benzene rings is 1. The molecule has 3 heteroatoms. The van der Waals surface area contributed by atoms with Crippen LogP contribution in [-0.2, 0) is 19.9 Å². The zero-order chi connectivity index (χ0) is 10.7. The first-order valence-corrected chi connectivity index (χ1v) is 5.08. The van der Waals surface area contributed by atoms with Gasteiger partial charge in [-0.15, -0.1) is 0 Å². The molecule has 0 unspecified atom stereocenters. The van der Waals surface area contributed by atoms with Crippen LogP contribution in [0.1, 0.15) is 11.3 Å². The summed E-state index contributed by atoms with van der Waals surface area (Å²) >= 11 is 0. The van der Waals surface area contributed by atoms with Crippen molar-refractivity contribution in [3.63, 3.8) is 0 Å². The third-order valence-corrected chi connectivity index (χ3v) is 2.48. The van der Waals surface area contributed by atoms with E-state index in [0.29, 0.717) is 0 Å². The minimum absolute atomic E-state index is 0.720. The van der Waals surface area contributed by atoms with Crippen LogP contribution in [0.2, 0.25) is 0 Å². The molecule has 0 aliphatic carbocycles. The van der Waals surface area contributed by atoms with Crippen molar-refractivity contribution < 1.29 is 0 Å². The number of anilines is 1. The fraction of sp³-hybridized carbons (Fsp3) is 0.250. The molecule has 15 heavy (non-hydrogen) atoms. The minimum Gasteiger partial charge on any atom is -0.384 e. The van der Waals surface area contributed by atoms with E-state index in [4.69, 9.17) is 5.73 Å². The maximum atomic E-state index is 5.71. The van der Waals surface area contributed by atoms with Gasteiger partial charge in [0.2, 0.25) is 0 Å². The predicted molar refractivity (Wildman–Crippen MR) is 61.5 cm³/mol. The zero-order valence-corrected chi connectivity index (χ0v) is 8.85. The lowest BCUT2D eigenvalue weighted by Gasteiger charge is -1.97. The number of nitrogens with zero attached hydrogens (tertiary/aromatic N) is 2. The number of nitrogens with two attached hydrogens (primary N) is 1. The number of aromatic nitrogens is 2. The quantitative estimate of drug-likeness (QED) is 0.822. The van der Waals surface area contributed by atoms with Crippen molar-refractivity contribution in [3.8, 4) is 0 Å². The second kappa shape index (κ2) is 4.17. The topological polar surface area (TPSA) is 43.8 Å². The van der Waals surface area contributed by atoms with Gasteiger partial charge in [0.15, 0.2) is 0 Å². The monoisotopic (exact) mass is 201 g/mol. The molecular weight excluding hydrogens is 186 g/mol. The summed E-state index contributed by atoms with van der Waals surface area (Å²) in [7, 11) is 1.86. The van der Waals surface area contributed by atoms with Crippen LogP contribution in [0.25, 0.3) is 0 Å². The molecule has 1 heterocycles. The smallest absolute Gasteiger partial charge is 0.121 e. The zero-order valence-electron chi connectivity index (χ0n) is 8.85. The van der Waals surface area contributed by atoms with Gasteiger partial charge in [0.1, 0.15) is 5.82 Å². The number of aryl methyl sites for hydroxylation is 3. The molecule has 0 radical (unpaired) electrons. The van der Waals surface area contributed by atoms with E-state index < -0.39 is 0 Å². The van der Waals surface area contributed by atoms with Gasteiger partial charge in [-0.25, -0.2) is 0 Å². The molecule has 0 saturated carbocycles. The lowest BCUT2D eigenvalue weighted by molar-refractivity contribution is 0.745. The number of nitrogen functional groups attached to an aromatic ring is 1. The number of rotatable bonds is 3. The Morgan fingerprint density at radius 1 is 1.20 bits per heavy atom. The number of hydrogen-bond acceptors (Lipinski definition) is 2. The molecule has 78 valence electrons. The summed E-state index contributed by atoms with van der Waals surface area (Å²) in [5, 5.41) is 4.32. The van der Waals surface area contributed by atoms with Gasteiger partial charge in [-0.05, 0) is 18.4 Å². The Balaban J connectivity index is 1.99. The van der Waals surface area contributed by atoms with Crippen LogP contribution in [0, 0.1) is 0 Å². The van der Waals surface area contributed by atoms with E-state index in [9.17, 15) is 0 Å². The second-order valence-electron chi connectivity index (χ2n) is 3.67. The number of hydrogen-bond donors (Lipinski definition) is 1. The van der Waals surface area contributed by atoms with Gasteiger partial charge in [0.25, 0.3) is 0 Å². The molecule has 0 atom stereocenters. The average Bonchev–Trinajstić information content (AvgIpc) is 2.57. The van der Waals surface area contributed by atoms with E-state index in [2.05, 4.69) is 29.4 Å². The maximum absolute atomic E-state index is 5.71. The Bertz CT molecular complexity index is 412. The summed E-state index contributed by atoms with van der Waals surface area (Å²) in [5.41, 5.74) is 8.10. The van der Waals surface area contributed by atoms with Crippen LogP contribution in [0.3, 0.4) is 0 Å². The summed E-state index contributed by atoms with van der Waals surface area (Å²) in [6, 6.07) is 12.3. The van der Waals surface area contributed by atoms with Gasteiger partial charge in [-0.2, -0.15) is 5.10 Å². The average molecular weight is 201 g/mol. The summed E-state index contributed by atoms with van der Waals surface area (Å²) in [6.45, 7) is 0. The summed E-state index contributed by atoms with van der Waals surface area (Å²) in [5.74, 6) is 0.720. The molecule has 1 aromatic heterocycles. The first kappa shape index (κ1) is 9.77. The Morgan fingerprint density at radius 2 is 1.93 bits per heavy atom. The normalized spacial score (nSPS) is 10.5. The molecule has 2 rings (SSSR count). The summed E-state index contributed by atoms with van der Waals surface area (Å²) in [6.07, 6.45) is 1.95. The highest BCUT2D eigenvalue weighted by molar-refractivity contribution is 5.30. The molecular formula is C12H15N3. The molecule has 0 bridgehead atoms. The fourth-order valence-electron chi connectivity index (χ4n) is 1.58. The van der Waals surface area contributed by atoms with Crippen molar-refractivity contribution in [2.24, 2.45) is 7.05 Å². The van der Waals surface area contributed by atoms with Crippen molar-refractivity contribution in [1.82, 2.24) is 9.78 Å². The molecule has 0 saturated heterocycles. The van der Waals surface area contributed by atoms with E-state index in [0.717, 1.165) is 24.4 Å². The van der Waals surface area contributed by atoms with E-state index >= 15 is 0 Å². The van der Waals surface area contributed by atoms with E-state index in [1.807, 2.05) is 19.2 Å². The van der Waals surface area contributed by atoms with E-state index in [1.54, 1.807) is 4.68 Å². The minimum atomic E-state index is 0.720. The molecule has 2 N–H and O–H groups in total.